The summed E-state index contributed by atoms with van der Waals surface area (Å²) in [6.45, 7) is 5.78. The molecule has 1 unspecified atom stereocenters. The number of likely N-dealkylation sites (tertiary alicyclic amines) is 1. The minimum atomic E-state index is 0.156. The van der Waals surface area contributed by atoms with Crippen molar-refractivity contribution in [2.75, 3.05) is 20.2 Å². The Balaban J connectivity index is 1.78. The topological polar surface area (TPSA) is 29.5 Å². The molecular formula is C22H27NO2. The van der Waals surface area contributed by atoms with E-state index in [1.807, 2.05) is 35.2 Å². The third kappa shape index (κ3) is 4.04. The van der Waals surface area contributed by atoms with Gasteiger partial charge in [-0.1, -0.05) is 24.6 Å². The fourth-order valence-corrected chi connectivity index (χ4v) is 3.53. The number of nitrogens with zero attached hydrogens (tertiary/aromatic N) is 1. The number of amides is 1. The van der Waals surface area contributed by atoms with Crippen molar-refractivity contribution >= 4 is 5.91 Å². The van der Waals surface area contributed by atoms with Crippen LogP contribution in [0.4, 0.5) is 0 Å². The quantitative estimate of drug-likeness (QED) is 0.811. The summed E-state index contributed by atoms with van der Waals surface area (Å²) in [4.78, 5) is 15.0. The van der Waals surface area contributed by atoms with Gasteiger partial charge in [0.2, 0.25) is 0 Å². The summed E-state index contributed by atoms with van der Waals surface area (Å²) >= 11 is 0. The molecule has 3 heteroatoms. The standard InChI is InChI=1S/C22H27NO2/c1-16-7-8-19(14-17(16)2)22(24)23-13-5-4-6-20(15-23)18-9-11-21(25-3)12-10-18/h7-12,14,20H,4-6,13,15H2,1-3H3. The number of hydrogen-bond acceptors (Lipinski definition) is 2. The van der Waals surface area contributed by atoms with E-state index in [1.54, 1.807) is 7.11 Å². The van der Waals surface area contributed by atoms with Crippen molar-refractivity contribution in [3.8, 4) is 5.75 Å². The average molecular weight is 337 g/mol. The molecule has 1 aliphatic heterocycles. The van der Waals surface area contributed by atoms with Crippen LogP contribution in [0.1, 0.15) is 52.2 Å². The van der Waals surface area contributed by atoms with E-state index in [9.17, 15) is 4.79 Å². The lowest BCUT2D eigenvalue weighted by atomic mass is 9.94. The summed E-state index contributed by atoms with van der Waals surface area (Å²) in [7, 11) is 1.69. The first-order chi connectivity index (χ1) is 12.1. The fraction of sp³-hybridized carbons (Fsp3) is 0.409. The first-order valence-corrected chi connectivity index (χ1v) is 9.09. The van der Waals surface area contributed by atoms with Gasteiger partial charge in [0.25, 0.3) is 5.91 Å². The van der Waals surface area contributed by atoms with Gasteiger partial charge in [-0.15, -0.1) is 0 Å². The highest BCUT2D eigenvalue weighted by molar-refractivity contribution is 5.94. The zero-order chi connectivity index (χ0) is 17.8. The summed E-state index contributed by atoms with van der Waals surface area (Å²) in [6, 6.07) is 14.3. The van der Waals surface area contributed by atoms with Crippen LogP contribution in [0.5, 0.6) is 5.75 Å². The SMILES string of the molecule is COc1ccc(C2CCCCN(C(=O)c3ccc(C)c(C)c3)C2)cc1. The van der Waals surface area contributed by atoms with Crippen LogP contribution in [0.25, 0.3) is 0 Å². The molecule has 1 saturated heterocycles. The van der Waals surface area contributed by atoms with Crippen molar-refractivity contribution in [2.45, 2.75) is 39.0 Å². The van der Waals surface area contributed by atoms with Crippen molar-refractivity contribution in [1.82, 2.24) is 4.90 Å². The first-order valence-electron chi connectivity index (χ1n) is 9.09. The molecule has 0 bridgehead atoms. The minimum absolute atomic E-state index is 0.156. The molecule has 1 atom stereocenters. The number of aryl methyl sites for hydroxylation is 2. The molecule has 0 saturated carbocycles. The maximum absolute atomic E-state index is 13.0. The van der Waals surface area contributed by atoms with Crippen LogP contribution in [0.2, 0.25) is 0 Å². The Morgan fingerprint density at radius 3 is 2.48 bits per heavy atom. The van der Waals surface area contributed by atoms with Gasteiger partial charge in [0.1, 0.15) is 5.75 Å². The maximum Gasteiger partial charge on any atom is 0.253 e. The molecule has 1 heterocycles. The molecule has 3 nitrogen and oxygen atoms in total. The lowest BCUT2D eigenvalue weighted by Gasteiger charge is -2.25. The Morgan fingerprint density at radius 2 is 1.80 bits per heavy atom. The maximum atomic E-state index is 13.0. The molecule has 0 spiro atoms. The van der Waals surface area contributed by atoms with Gasteiger partial charge >= 0.3 is 0 Å². The van der Waals surface area contributed by atoms with E-state index in [2.05, 4.69) is 26.0 Å². The second-order valence-corrected chi connectivity index (χ2v) is 7.02. The molecule has 0 aliphatic carbocycles. The number of carbonyl (C=O) groups excluding carboxylic acids is 1. The highest BCUT2D eigenvalue weighted by Crippen LogP contribution is 2.28. The van der Waals surface area contributed by atoms with Crippen molar-refractivity contribution < 1.29 is 9.53 Å². The summed E-state index contributed by atoms with van der Waals surface area (Å²) in [5.41, 5.74) is 4.50. The summed E-state index contributed by atoms with van der Waals surface area (Å²) in [5, 5.41) is 0. The molecule has 0 N–H and O–H groups in total. The predicted molar refractivity (Wildman–Crippen MR) is 101 cm³/mol. The van der Waals surface area contributed by atoms with Gasteiger partial charge < -0.3 is 9.64 Å². The van der Waals surface area contributed by atoms with Crippen LogP contribution in [0, 0.1) is 13.8 Å². The number of hydrogen-bond donors (Lipinski definition) is 0. The molecule has 1 fully saturated rings. The van der Waals surface area contributed by atoms with Crippen molar-refractivity contribution in [3.63, 3.8) is 0 Å². The highest BCUT2D eigenvalue weighted by Gasteiger charge is 2.24. The highest BCUT2D eigenvalue weighted by atomic mass is 16.5. The molecule has 132 valence electrons. The van der Waals surface area contributed by atoms with E-state index < -0.39 is 0 Å². The molecule has 2 aromatic rings. The Kier molecular flexibility index (Phi) is 5.42. The van der Waals surface area contributed by atoms with Crippen LogP contribution in [0.15, 0.2) is 42.5 Å². The zero-order valence-corrected chi connectivity index (χ0v) is 15.4. The second kappa shape index (κ2) is 7.73. The van der Waals surface area contributed by atoms with E-state index in [1.165, 1.54) is 16.7 Å². The predicted octanol–water partition coefficient (Wildman–Crippen LogP) is 4.72. The Hall–Kier alpha value is -2.29. The normalized spacial score (nSPS) is 17.9. The lowest BCUT2D eigenvalue weighted by Crippen LogP contribution is -2.34. The Morgan fingerprint density at radius 1 is 1.04 bits per heavy atom. The minimum Gasteiger partial charge on any atom is -0.497 e. The third-order valence-corrected chi connectivity index (χ3v) is 5.30. The Labute approximate surface area is 150 Å². The van der Waals surface area contributed by atoms with Crippen LogP contribution < -0.4 is 4.74 Å². The summed E-state index contributed by atoms with van der Waals surface area (Å²) < 4.78 is 5.25. The van der Waals surface area contributed by atoms with Crippen LogP contribution in [-0.4, -0.2) is 31.0 Å². The molecule has 3 rings (SSSR count). The van der Waals surface area contributed by atoms with E-state index in [0.29, 0.717) is 5.92 Å². The number of benzene rings is 2. The number of methoxy groups -OCH3 is 1. The van der Waals surface area contributed by atoms with Crippen LogP contribution >= 0.6 is 0 Å². The van der Waals surface area contributed by atoms with E-state index in [-0.39, 0.29) is 5.91 Å². The van der Waals surface area contributed by atoms with E-state index in [0.717, 1.165) is 43.7 Å². The Bertz CT molecular complexity index is 736. The van der Waals surface area contributed by atoms with Gasteiger partial charge in [0.05, 0.1) is 7.11 Å². The van der Waals surface area contributed by atoms with Crippen LogP contribution in [-0.2, 0) is 0 Å². The van der Waals surface area contributed by atoms with Gasteiger partial charge in [-0.05, 0) is 67.6 Å². The number of carbonyl (C=O) groups is 1. The zero-order valence-electron chi connectivity index (χ0n) is 15.4. The number of rotatable bonds is 3. The fourth-order valence-electron chi connectivity index (χ4n) is 3.53. The molecule has 0 radical (unpaired) electrons. The second-order valence-electron chi connectivity index (χ2n) is 7.02. The van der Waals surface area contributed by atoms with Crippen LogP contribution in [0.3, 0.4) is 0 Å². The third-order valence-electron chi connectivity index (χ3n) is 5.30. The average Bonchev–Trinajstić information content (AvgIpc) is 2.90. The lowest BCUT2D eigenvalue weighted by molar-refractivity contribution is 0.0754. The van der Waals surface area contributed by atoms with Gasteiger partial charge in [0.15, 0.2) is 0 Å². The van der Waals surface area contributed by atoms with Crippen molar-refractivity contribution in [2.24, 2.45) is 0 Å². The smallest absolute Gasteiger partial charge is 0.253 e. The monoisotopic (exact) mass is 337 g/mol. The van der Waals surface area contributed by atoms with E-state index in [4.69, 9.17) is 4.74 Å². The molecular weight excluding hydrogens is 310 g/mol. The van der Waals surface area contributed by atoms with Gasteiger partial charge in [-0.25, -0.2) is 0 Å². The molecule has 1 amide bonds. The van der Waals surface area contributed by atoms with Crippen molar-refractivity contribution in [1.29, 1.82) is 0 Å². The van der Waals surface area contributed by atoms with Gasteiger partial charge in [-0.2, -0.15) is 0 Å². The van der Waals surface area contributed by atoms with Gasteiger partial charge in [-0.3, -0.25) is 4.79 Å². The van der Waals surface area contributed by atoms with Crippen molar-refractivity contribution in [3.05, 3.63) is 64.7 Å². The largest absolute Gasteiger partial charge is 0.497 e. The molecule has 0 aromatic heterocycles. The molecule has 2 aromatic carbocycles. The van der Waals surface area contributed by atoms with E-state index >= 15 is 0 Å². The van der Waals surface area contributed by atoms with Gasteiger partial charge in [0, 0.05) is 24.6 Å². The molecule has 25 heavy (non-hydrogen) atoms. The first kappa shape index (κ1) is 17.5. The summed E-state index contributed by atoms with van der Waals surface area (Å²) in [6.07, 6.45) is 3.36. The number of ether oxygens (including phenoxy) is 1. The summed E-state index contributed by atoms with van der Waals surface area (Å²) in [5.74, 6) is 1.42. The molecule has 1 aliphatic rings.